The molecule has 1 aliphatic rings. The SMILES string of the molecule is O=C(CSc1nnc(-c2ccco2)n1Cc1ccccc1)N1CCS(=O)CC1. The van der Waals surface area contributed by atoms with Crippen molar-refractivity contribution in [1.29, 1.82) is 0 Å². The number of hydrogen-bond donors (Lipinski definition) is 0. The van der Waals surface area contributed by atoms with Crippen molar-refractivity contribution in [2.24, 2.45) is 0 Å². The van der Waals surface area contributed by atoms with Crippen molar-refractivity contribution >= 4 is 28.5 Å². The number of rotatable bonds is 6. The van der Waals surface area contributed by atoms with E-state index in [9.17, 15) is 9.00 Å². The van der Waals surface area contributed by atoms with Crippen molar-refractivity contribution in [1.82, 2.24) is 19.7 Å². The molecule has 1 amide bonds. The lowest BCUT2D eigenvalue weighted by Gasteiger charge is -2.26. The molecular weight excluding hydrogens is 396 g/mol. The van der Waals surface area contributed by atoms with Gasteiger partial charge in [-0.1, -0.05) is 42.1 Å². The summed E-state index contributed by atoms with van der Waals surface area (Å²) in [5, 5.41) is 9.25. The first kappa shape index (κ1) is 18.9. The lowest BCUT2D eigenvalue weighted by molar-refractivity contribution is -0.128. The number of thioether (sulfide) groups is 1. The van der Waals surface area contributed by atoms with Crippen LogP contribution in [0.4, 0.5) is 0 Å². The van der Waals surface area contributed by atoms with Crippen molar-refractivity contribution in [3.8, 4) is 11.6 Å². The second-order valence-corrected chi connectivity index (χ2v) is 9.01. The third-order valence-corrected chi connectivity index (χ3v) is 6.72. The van der Waals surface area contributed by atoms with Crippen LogP contribution in [-0.2, 0) is 22.1 Å². The Labute approximate surface area is 169 Å². The van der Waals surface area contributed by atoms with Gasteiger partial charge < -0.3 is 9.32 Å². The summed E-state index contributed by atoms with van der Waals surface area (Å²) in [7, 11) is -0.795. The van der Waals surface area contributed by atoms with Crippen LogP contribution in [0.15, 0.2) is 58.3 Å². The molecule has 9 heteroatoms. The van der Waals surface area contributed by atoms with E-state index >= 15 is 0 Å². The Kier molecular flexibility index (Phi) is 5.92. The van der Waals surface area contributed by atoms with Crippen molar-refractivity contribution in [2.75, 3.05) is 30.3 Å². The van der Waals surface area contributed by atoms with E-state index in [0.29, 0.717) is 47.9 Å². The van der Waals surface area contributed by atoms with Crippen LogP contribution in [0.2, 0.25) is 0 Å². The highest BCUT2D eigenvalue weighted by Gasteiger charge is 2.22. The van der Waals surface area contributed by atoms with Crippen LogP contribution in [0.1, 0.15) is 5.56 Å². The van der Waals surface area contributed by atoms with Crippen LogP contribution in [0.25, 0.3) is 11.6 Å². The zero-order valence-corrected chi connectivity index (χ0v) is 16.8. The summed E-state index contributed by atoms with van der Waals surface area (Å²) >= 11 is 1.37. The predicted octanol–water partition coefficient (Wildman–Crippen LogP) is 2.27. The summed E-state index contributed by atoms with van der Waals surface area (Å²) in [5.41, 5.74) is 1.11. The van der Waals surface area contributed by atoms with E-state index < -0.39 is 10.8 Å². The average Bonchev–Trinajstić information content (AvgIpc) is 3.37. The maximum absolute atomic E-state index is 12.5. The normalized spacial score (nSPS) is 15.1. The zero-order chi connectivity index (χ0) is 19.3. The second-order valence-electron chi connectivity index (χ2n) is 6.37. The summed E-state index contributed by atoms with van der Waals surface area (Å²) in [6, 6.07) is 13.7. The Hall–Kier alpha value is -2.39. The molecule has 0 spiro atoms. The van der Waals surface area contributed by atoms with E-state index in [1.165, 1.54) is 11.8 Å². The molecule has 0 aliphatic carbocycles. The van der Waals surface area contributed by atoms with Crippen LogP contribution in [-0.4, -0.2) is 60.1 Å². The molecule has 0 saturated carbocycles. The fourth-order valence-electron chi connectivity index (χ4n) is 3.00. The second kappa shape index (κ2) is 8.74. The van der Waals surface area contributed by atoms with Gasteiger partial charge in [-0.2, -0.15) is 0 Å². The number of amides is 1. The van der Waals surface area contributed by atoms with Crippen LogP contribution in [0.5, 0.6) is 0 Å². The fourth-order valence-corrected chi connectivity index (χ4v) is 4.89. The number of carbonyl (C=O) groups is 1. The van der Waals surface area contributed by atoms with Gasteiger partial charge in [0, 0.05) is 35.4 Å². The predicted molar refractivity (Wildman–Crippen MR) is 108 cm³/mol. The van der Waals surface area contributed by atoms with E-state index in [4.69, 9.17) is 4.42 Å². The van der Waals surface area contributed by atoms with Crippen LogP contribution < -0.4 is 0 Å². The van der Waals surface area contributed by atoms with Crippen molar-refractivity contribution in [2.45, 2.75) is 11.7 Å². The molecule has 0 radical (unpaired) electrons. The van der Waals surface area contributed by atoms with Gasteiger partial charge in [-0.25, -0.2) is 0 Å². The first-order valence-corrected chi connectivity index (χ1v) is 11.4. The number of carbonyl (C=O) groups excluding carboxylic acids is 1. The number of furan rings is 1. The molecule has 1 aliphatic heterocycles. The third-order valence-electron chi connectivity index (χ3n) is 4.50. The highest BCUT2D eigenvalue weighted by atomic mass is 32.2. The summed E-state index contributed by atoms with van der Waals surface area (Å²) < 4.78 is 19.0. The molecule has 28 heavy (non-hydrogen) atoms. The maximum atomic E-state index is 12.5. The zero-order valence-electron chi connectivity index (χ0n) is 15.2. The number of nitrogens with zero attached hydrogens (tertiary/aromatic N) is 4. The molecular formula is C19H20N4O3S2. The van der Waals surface area contributed by atoms with Gasteiger partial charge >= 0.3 is 0 Å². The number of benzene rings is 1. The van der Waals surface area contributed by atoms with Gasteiger partial charge in [0.25, 0.3) is 0 Å². The van der Waals surface area contributed by atoms with Gasteiger partial charge in [0.15, 0.2) is 10.9 Å². The maximum Gasteiger partial charge on any atom is 0.233 e. The Bertz CT molecular complexity index is 947. The standard InChI is InChI=1S/C19H20N4O3S2/c24-17(22-8-11-28(25)12-9-22)14-27-19-21-20-18(16-7-4-10-26-16)23(19)13-15-5-2-1-3-6-15/h1-7,10H,8-9,11-14H2. The van der Waals surface area contributed by atoms with E-state index in [-0.39, 0.29) is 11.7 Å². The largest absolute Gasteiger partial charge is 0.461 e. The van der Waals surface area contributed by atoms with Crippen molar-refractivity contribution < 1.29 is 13.4 Å². The lowest BCUT2D eigenvalue weighted by atomic mass is 10.2. The highest BCUT2D eigenvalue weighted by molar-refractivity contribution is 7.99. The Balaban J connectivity index is 1.51. The number of hydrogen-bond acceptors (Lipinski definition) is 6. The molecule has 7 nitrogen and oxygen atoms in total. The van der Waals surface area contributed by atoms with Gasteiger partial charge in [0.1, 0.15) is 0 Å². The molecule has 0 unspecified atom stereocenters. The van der Waals surface area contributed by atoms with E-state index in [0.717, 1.165) is 5.56 Å². The Morgan fingerprint density at radius 2 is 1.89 bits per heavy atom. The van der Waals surface area contributed by atoms with Crippen LogP contribution >= 0.6 is 11.8 Å². The Morgan fingerprint density at radius 3 is 2.61 bits per heavy atom. The Morgan fingerprint density at radius 1 is 1.11 bits per heavy atom. The molecule has 3 heterocycles. The lowest BCUT2D eigenvalue weighted by Crippen LogP contribution is -2.42. The van der Waals surface area contributed by atoms with Gasteiger partial charge in [0.05, 0.1) is 18.6 Å². The molecule has 1 fully saturated rings. The van der Waals surface area contributed by atoms with E-state index in [1.807, 2.05) is 47.0 Å². The van der Waals surface area contributed by atoms with Crippen molar-refractivity contribution in [3.05, 3.63) is 54.3 Å². The molecule has 1 saturated heterocycles. The topological polar surface area (TPSA) is 81.2 Å². The van der Waals surface area contributed by atoms with Crippen LogP contribution in [0.3, 0.4) is 0 Å². The molecule has 0 N–H and O–H groups in total. The molecule has 0 bridgehead atoms. The molecule has 4 rings (SSSR count). The van der Waals surface area contributed by atoms with E-state index in [1.54, 1.807) is 11.2 Å². The molecule has 3 aromatic rings. The summed E-state index contributed by atoms with van der Waals surface area (Å²) in [6.07, 6.45) is 1.60. The number of aromatic nitrogens is 3. The summed E-state index contributed by atoms with van der Waals surface area (Å²) in [5.74, 6) is 2.71. The van der Waals surface area contributed by atoms with E-state index in [2.05, 4.69) is 10.2 Å². The minimum absolute atomic E-state index is 0.0375. The third kappa shape index (κ3) is 4.36. The van der Waals surface area contributed by atoms with Crippen molar-refractivity contribution in [3.63, 3.8) is 0 Å². The van der Waals surface area contributed by atoms with Gasteiger partial charge in [-0.3, -0.25) is 13.6 Å². The quantitative estimate of drug-likeness (QED) is 0.574. The summed E-state index contributed by atoms with van der Waals surface area (Å²) in [6.45, 7) is 1.70. The van der Waals surface area contributed by atoms with Gasteiger partial charge in [-0.15, -0.1) is 10.2 Å². The first-order chi connectivity index (χ1) is 13.7. The smallest absolute Gasteiger partial charge is 0.233 e. The molecule has 0 atom stereocenters. The fraction of sp³-hybridized carbons (Fsp3) is 0.316. The minimum atomic E-state index is -0.795. The van der Waals surface area contributed by atoms with Crippen LogP contribution in [0, 0.1) is 0 Å². The molecule has 146 valence electrons. The average molecular weight is 417 g/mol. The first-order valence-electron chi connectivity index (χ1n) is 8.97. The molecule has 1 aromatic carbocycles. The monoisotopic (exact) mass is 416 g/mol. The molecule has 2 aromatic heterocycles. The highest BCUT2D eigenvalue weighted by Crippen LogP contribution is 2.25. The summed E-state index contributed by atoms with van der Waals surface area (Å²) in [4.78, 5) is 14.3. The van der Waals surface area contributed by atoms with Gasteiger partial charge in [-0.05, 0) is 17.7 Å². The van der Waals surface area contributed by atoms with Gasteiger partial charge in [0.2, 0.25) is 11.7 Å². The minimum Gasteiger partial charge on any atom is -0.461 e.